The third-order valence-corrected chi connectivity index (χ3v) is 5.24. The third-order valence-electron chi connectivity index (χ3n) is 5.24. The maximum absolute atomic E-state index is 10.2. The van der Waals surface area contributed by atoms with Crippen LogP contribution in [-0.2, 0) is 17.8 Å². The van der Waals surface area contributed by atoms with Crippen molar-refractivity contribution in [2.45, 2.75) is 57.7 Å². The van der Waals surface area contributed by atoms with Gasteiger partial charge in [0.25, 0.3) is 0 Å². The molecule has 0 radical (unpaired) electrons. The number of aliphatic hydroxyl groups is 2. The number of unbranched alkanes of at least 4 members (excludes halogenated alkanes) is 4. The van der Waals surface area contributed by atoms with Crippen LogP contribution in [0.1, 0.15) is 61.3 Å². The van der Waals surface area contributed by atoms with E-state index in [2.05, 4.69) is 35.6 Å². The fraction of sp³-hybridized carbons (Fsp3) is 0.520. The number of rotatable bonds is 16. The zero-order valence-corrected chi connectivity index (χ0v) is 17.9. The van der Waals surface area contributed by atoms with Crippen molar-refractivity contribution >= 4 is 0 Å². The highest BCUT2D eigenvalue weighted by Crippen LogP contribution is 2.22. The monoisotopic (exact) mass is 415 g/mol. The van der Waals surface area contributed by atoms with Crippen molar-refractivity contribution in [2.75, 3.05) is 26.3 Å². The quantitative estimate of drug-likeness (QED) is 0.310. The predicted octanol–water partition coefficient (Wildman–Crippen LogP) is 4.11. The molecule has 0 amide bonds. The normalized spacial score (nSPS) is 12.2. The summed E-state index contributed by atoms with van der Waals surface area (Å²) in [5.41, 5.74) is 2.52. The van der Waals surface area contributed by atoms with Crippen molar-refractivity contribution in [1.29, 1.82) is 0 Å². The Morgan fingerprint density at radius 1 is 0.867 bits per heavy atom. The zero-order valence-electron chi connectivity index (χ0n) is 17.9. The lowest BCUT2D eigenvalue weighted by Crippen LogP contribution is -2.22. The zero-order chi connectivity index (χ0) is 21.4. The summed E-state index contributed by atoms with van der Waals surface area (Å²) in [4.78, 5) is 0. The maximum atomic E-state index is 10.2. The van der Waals surface area contributed by atoms with E-state index in [1.807, 2.05) is 0 Å². The van der Waals surface area contributed by atoms with E-state index < -0.39 is 6.10 Å². The maximum Gasteiger partial charge on any atom is 0.121 e. The van der Waals surface area contributed by atoms with Gasteiger partial charge in [-0.15, -0.1) is 0 Å². The van der Waals surface area contributed by atoms with Gasteiger partial charge in [0.1, 0.15) is 5.75 Å². The smallest absolute Gasteiger partial charge is 0.121 e. The van der Waals surface area contributed by atoms with Crippen LogP contribution in [0.5, 0.6) is 5.75 Å². The molecule has 0 fully saturated rings. The van der Waals surface area contributed by atoms with Gasteiger partial charge in [-0.05, 0) is 55.8 Å². The Morgan fingerprint density at radius 3 is 2.33 bits per heavy atom. The van der Waals surface area contributed by atoms with Crippen molar-refractivity contribution in [2.24, 2.45) is 0 Å². The van der Waals surface area contributed by atoms with Crippen LogP contribution < -0.4 is 5.32 Å². The van der Waals surface area contributed by atoms with E-state index in [-0.39, 0.29) is 12.4 Å². The lowest BCUT2D eigenvalue weighted by Gasteiger charge is -2.13. The van der Waals surface area contributed by atoms with Crippen molar-refractivity contribution in [3.05, 3.63) is 65.2 Å². The van der Waals surface area contributed by atoms with Crippen LogP contribution in [0, 0.1) is 0 Å². The summed E-state index contributed by atoms with van der Waals surface area (Å²) in [6.45, 7) is 2.79. The van der Waals surface area contributed by atoms with Gasteiger partial charge in [0.2, 0.25) is 0 Å². The molecule has 0 saturated heterocycles. The second-order valence-corrected chi connectivity index (χ2v) is 7.74. The molecule has 2 aromatic rings. The lowest BCUT2D eigenvalue weighted by molar-refractivity contribution is 0.126. The minimum Gasteiger partial charge on any atom is -0.508 e. The molecule has 0 aromatic heterocycles. The molecule has 2 aromatic carbocycles. The third kappa shape index (κ3) is 9.72. The highest BCUT2D eigenvalue weighted by molar-refractivity contribution is 5.36. The van der Waals surface area contributed by atoms with Gasteiger partial charge < -0.3 is 25.4 Å². The van der Waals surface area contributed by atoms with E-state index in [0.717, 1.165) is 58.3 Å². The van der Waals surface area contributed by atoms with E-state index in [9.17, 15) is 10.2 Å². The second kappa shape index (κ2) is 15.0. The summed E-state index contributed by atoms with van der Waals surface area (Å²) in [5.74, 6) is 0.0208. The summed E-state index contributed by atoms with van der Waals surface area (Å²) >= 11 is 0. The second-order valence-electron chi connectivity index (χ2n) is 7.74. The SMILES string of the molecule is OCc1ccc([C@H](O)CNCCCCCCOCCCCc2ccccc2)cc1O. The molecule has 30 heavy (non-hydrogen) atoms. The molecule has 0 bridgehead atoms. The van der Waals surface area contributed by atoms with Gasteiger partial charge in [0.15, 0.2) is 0 Å². The Balaban J connectivity index is 1.38. The highest BCUT2D eigenvalue weighted by Gasteiger charge is 2.09. The molecule has 0 heterocycles. The van der Waals surface area contributed by atoms with E-state index in [1.165, 1.54) is 18.1 Å². The van der Waals surface area contributed by atoms with E-state index in [4.69, 9.17) is 9.84 Å². The molecule has 5 nitrogen and oxygen atoms in total. The van der Waals surface area contributed by atoms with Crippen molar-refractivity contribution in [3.63, 3.8) is 0 Å². The summed E-state index contributed by atoms with van der Waals surface area (Å²) in [5, 5.41) is 32.3. The number of nitrogens with one attached hydrogen (secondary N) is 1. The van der Waals surface area contributed by atoms with Gasteiger partial charge >= 0.3 is 0 Å². The Morgan fingerprint density at radius 2 is 1.60 bits per heavy atom. The Bertz CT molecular complexity index is 693. The van der Waals surface area contributed by atoms with Gasteiger partial charge in [0.05, 0.1) is 12.7 Å². The number of aromatic hydroxyl groups is 1. The van der Waals surface area contributed by atoms with Gasteiger partial charge in [0, 0.05) is 25.3 Å². The molecular weight excluding hydrogens is 378 g/mol. The molecule has 4 N–H and O–H groups in total. The molecule has 0 saturated carbocycles. The molecule has 0 spiro atoms. The van der Waals surface area contributed by atoms with Crippen molar-refractivity contribution < 1.29 is 20.1 Å². The highest BCUT2D eigenvalue weighted by atomic mass is 16.5. The first-order valence-corrected chi connectivity index (χ1v) is 11.1. The van der Waals surface area contributed by atoms with Crippen molar-refractivity contribution in [3.8, 4) is 5.75 Å². The molecule has 0 aliphatic carbocycles. The van der Waals surface area contributed by atoms with Gasteiger partial charge in [-0.2, -0.15) is 0 Å². The van der Waals surface area contributed by atoms with Gasteiger partial charge in [-0.25, -0.2) is 0 Å². The molecule has 2 rings (SSSR count). The van der Waals surface area contributed by atoms with Crippen LogP contribution in [0.15, 0.2) is 48.5 Å². The molecule has 0 aliphatic rings. The summed E-state index contributed by atoms with van der Waals surface area (Å²) in [6, 6.07) is 15.5. The summed E-state index contributed by atoms with van der Waals surface area (Å²) in [6.07, 6.45) is 7.21. The van der Waals surface area contributed by atoms with Crippen LogP contribution in [0.4, 0.5) is 0 Å². The molecule has 0 unspecified atom stereocenters. The first-order valence-electron chi connectivity index (χ1n) is 11.1. The van der Waals surface area contributed by atoms with E-state index in [0.29, 0.717) is 17.7 Å². The number of phenols is 1. The van der Waals surface area contributed by atoms with Crippen LogP contribution in [0.2, 0.25) is 0 Å². The number of aryl methyl sites for hydroxylation is 1. The average molecular weight is 416 g/mol. The van der Waals surface area contributed by atoms with Crippen molar-refractivity contribution in [1.82, 2.24) is 5.32 Å². The fourth-order valence-corrected chi connectivity index (χ4v) is 3.37. The largest absolute Gasteiger partial charge is 0.508 e. The van der Waals surface area contributed by atoms with Crippen LogP contribution in [-0.4, -0.2) is 41.6 Å². The first-order chi connectivity index (χ1) is 14.7. The Labute approximate surface area is 180 Å². The molecule has 5 heteroatoms. The number of benzene rings is 2. The van der Waals surface area contributed by atoms with Crippen LogP contribution in [0.25, 0.3) is 0 Å². The molecular formula is C25H37NO4. The molecule has 1 atom stereocenters. The van der Waals surface area contributed by atoms with E-state index in [1.54, 1.807) is 12.1 Å². The minimum atomic E-state index is -0.668. The number of hydrogen-bond acceptors (Lipinski definition) is 5. The lowest BCUT2D eigenvalue weighted by atomic mass is 10.1. The van der Waals surface area contributed by atoms with Crippen LogP contribution >= 0.6 is 0 Å². The fourth-order valence-electron chi connectivity index (χ4n) is 3.37. The topological polar surface area (TPSA) is 82.0 Å². The molecule has 166 valence electrons. The number of aliphatic hydroxyl groups excluding tert-OH is 2. The molecule has 0 aliphatic heterocycles. The number of hydrogen-bond donors (Lipinski definition) is 4. The standard InChI is InChI=1S/C25H37NO4/c27-20-23-14-13-22(18-24(23)28)25(29)19-26-15-7-1-2-8-16-30-17-9-6-12-21-10-4-3-5-11-21/h3-5,10-11,13-14,18,25-29H,1-2,6-9,12,15-17,19-20H2/t25-/m1/s1. The van der Waals surface area contributed by atoms with E-state index >= 15 is 0 Å². The minimum absolute atomic E-state index is 0.0208. The summed E-state index contributed by atoms with van der Waals surface area (Å²) in [7, 11) is 0. The van der Waals surface area contributed by atoms with Gasteiger partial charge in [-0.3, -0.25) is 0 Å². The summed E-state index contributed by atoms with van der Waals surface area (Å²) < 4.78 is 5.72. The Kier molecular flexibility index (Phi) is 12.1. The van der Waals surface area contributed by atoms with Crippen LogP contribution in [0.3, 0.4) is 0 Å². The van der Waals surface area contributed by atoms with Gasteiger partial charge in [-0.1, -0.05) is 55.3 Å². The first kappa shape index (κ1) is 24.4. The predicted molar refractivity (Wildman–Crippen MR) is 121 cm³/mol. The Hall–Kier alpha value is -1.92. The average Bonchev–Trinajstić information content (AvgIpc) is 2.77. The number of ether oxygens (including phenoxy) is 1.